The molecule has 1 unspecified atom stereocenters. The van der Waals surface area contributed by atoms with Crippen molar-refractivity contribution >= 4 is 23.3 Å². The summed E-state index contributed by atoms with van der Waals surface area (Å²) in [6, 6.07) is 6.46. The van der Waals surface area contributed by atoms with Crippen molar-refractivity contribution in [1.29, 1.82) is 0 Å². The molecule has 4 heteroatoms. The Hall–Kier alpha value is -1.29. The van der Waals surface area contributed by atoms with Crippen molar-refractivity contribution in [3.05, 3.63) is 23.0 Å². The van der Waals surface area contributed by atoms with E-state index in [0.29, 0.717) is 6.04 Å². The molecule has 2 rings (SSSR count). The first-order valence-electron chi connectivity index (χ1n) is 6.95. The SMILES string of the molecule is CCCCCC(C)n1c(=S)[nH]c2ccc(OC)cc21. The van der Waals surface area contributed by atoms with Gasteiger partial charge in [0.1, 0.15) is 5.75 Å². The van der Waals surface area contributed by atoms with Gasteiger partial charge in [0.15, 0.2) is 4.77 Å². The maximum Gasteiger partial charge on any atom is 0.178 e. The fourth-order valence-corrected chi connectivity index (χ4v) is 2.87. The van der Waals surface area contributed by atoms with Crippen LogP contribution >= 0.6 is 12.2 Å². The molecular weight excluding hydrogens is 256 g/mol. The van der Waals surface area contributed by atoms with E-state index in [1.54, 1.807) is 7.11 Å². The van der Waals surface area contributed by atoms with E-state index in [-0.39, 0.29) is 0 Å². The monoisotopic (exact) mass is 278 g/mol. The van der Waals surface area contributed by atoms with E-state index in [9.17, 15) is 0 Å². The molecule has 0 fully saturated rings. The van der Waals surface area contributed by atoms with Gasteiger partial charge in [0, 0.05) is 12.1 Å². The number of rotatable bonds is 6. The van der Waals surface area contributed by atoms with Crippen LogP contribution in [0, 0.1) is 4.77 Å². The Morgan fingerprint density at radius 1 is 1.37 bits per heavy atom. The summed E-state index contributed by atoms with van der Waals surface area (Å²) in [7, 11) is 1.69. The number of aromatic nitrogens is 2. The highest BCUT2D eigenvalue weighted by molar-refractivity contribution is 7.71. The summed E-state index contributed by atoms with van der Waals surface area (Å²) in [5, 5.41) is 0. The molecule has 1 aromatic carbocycles. The highest BCUT2D eigenvalue weighted by Gasteiger charge is 2.11. The predicted octanol–water partition coefficient (Wildman–Crippen LogP) is 4.85. The van der Waals surface area contributed by atoms with E-state index in [4.69, 9.17) is 17.0 Å². The van der Waals surface area contributed by atoms with Crippen LogP contribution in [0.25, 0.3) is 11.0 Å². The Morgan fingerprint density at radius 2 is 2.16 bits per heavy atom. The number of nitrogens with zero attached hydrogens (tertiary/aromatic N) is 1. The smallest absolute Gasteiger partial charge is 0.178 e. The lowest BCUT2D eigenvalue weighted by molar-refractivity contribution is 0.415. The van der Waals surface area contributed by atoms with Crippen LogP contribution in [0.3, 0.4) is 0 Å². The van der Waals surface area contributed by atoms with Crippen LogP contribution in [0.5, 0.6) is 5.75 Å². The number of imidazole rings is 1. The number of hydrogen-bond acceptors (Lipinski definition) is 2. The maximum absolute atomic E-state index is 5.45. The van der Waals surface area contributed by atoms with Crippen LogP contribution in [-0.2, 0) is 0 Å². The molecule has 0 saturated carbocycles. The van der Waals surface area contributed by atoms with Gasteiger partial charge >= 0.3 is 0 Å². The Labute approximate surface area is 119 Å². The van der Waals surface area contributed by atoms with Gasteiger partial charge in [0.05, 0.1) is 18.1 Å². The summed E-state index contributed by atoms with van der Waals surface area (Å²) in [5.41, 5.74) is 2.21. The third-order valence-electron chi connectivity index (χ3n) is 3.59. The summed E-state index contributed by atoms with van der Waals surface area (Å²) in [6.45, 7) is 4.46. The van der Waals surface area contributed by atoms with Gasteiger partial charge in [-0.25, -0.2) is 0 Å². The second kappa shape index (κ2) is 6.24. The first-order chi connectivity index (χ1) is 9.17. The fourth-order valence-electron chi connectivity index (χ4n) is 2.48. The third-order valence-corrected chi connectivity index (χ3v) is 3.89. The Balaban J connectivity index is 2.35. The molecular formula is C15H22N2OS. The molecule has 0 spiro atoms. The topological polar surface area (TPSA) is 29.9 Å². The van der Waals surface area contributed by atoms with Gasteiger partial charge in [0.2, 0.25) is 0 Å². The molecule has 2 aromatic rings. The van der Waals surface area contributed by atoms with Gasteiger partial charge in [-0.05, 0) is 37.7 Å². The molecule has 0 radical (unpaired) electrons. The molecule has 0 amide bonds. The molecule has 0 aliphatic carbocycles. The first-order valence-corrected chi connectivity index (χ1v) is 7.36. The van der Waals surface area contributed by atoms with Crippen LogP contribution in [0.2, 0.25) is 0 Å². The van der Waals surface area contributed by atoms with Crippen molar-refractivity contribution in [3.63, 3.8) is 0 Å². The summed E-state index contributed by atoms with van der Waals surface area (Å²) in [4.78, 5) is 3.27. The molecule has 1 aromatic heterocycles. The Kier molecular flexibility index (Phi) is 4.64. The van der Waals surface area contributed by atoms with E-state index in [1.807, 2.05) is 12.1 Å². The quantitative estimate of drug-likeness (QED) is 0.604. The van der Waals surface area contributed by atoms with Crippen molar-refractivity contribution in [3.8, 4) is 5.75 Å². The number of H-pyrrole nitrogens is 1. The minimum absolute atomic E-state index is 0.417. The summed E-state index contributed by atoms with van der Waals surface area (Å²) in [5.74, 6) is 0.871. The number of nitrogens with one attached hydrogen (secondary N) is 1. The van der Waals surface area contributed by atoms with Gasteiger partial charge < -0.3 is 14.3 Å². The molecule has 19 heavy (non-hydrogen) atoms. The van der Waals surface area contributed by atoms with Crippen molar-refractivity contribution in [2.45, 2.75) is 45.6 Å². The number of aromatic amines is 1. The fraction of sp³-hybridized carbons (Fsp3) is 0.533. The van der Waals surface area contributed by atoms with E-state index >= 15 is 0 Å². The number of unbranched alkanes of at least 4 members (excludes halogenated alkanes) is 2. The van der Waals surface area contributed by atoms with Gasteiger partial charge in [-0.2, -0.15) is 0 Å². The molecule has 0 aliphatic heterocycles. The van der Waals surface area contributed by atoms with Crippen LogP contribution in [0.1, 0.15) is 45.6 Å². The van der Waals surface area contributed by atoms with Gasteiger partial charge in [-0.3, -0.25) is 0 Å². The van der Waals surface area contributed by atoms with Crippen LogP contribution < -0.4 is 4.74 Å². The van der Waals surface area contributed by atoms with Crippen molar-refractivity contribution < 1.29 is 4.74 Å². The molecule has 1 heterocycles. The summed E-state index contributed by atoms with van der Waals surface area (Å²) < 4.78 is 8.31. The number of hydrogen-bond donors (Lipinski definition) is 1. The van der Waals surface area contributed by atoms with Gasteiger partial charge in [-0.1, -0.05) is 26.2 Å². The van der Waals surface area contributed by atoms with Crippen molar-refractivity contribution in [2.75, 3.05) is 7.11 Å². The Morgan fingerprint density at radius 3 is 2.84 bits per heavy atom. The highest BCUT2D eigenvalue weighted by Crippen LogP contribution is 2.26. The van der Waals surface area contributed by atoms with Crippen LogP contribution in [0.15, 0.2) is 18.2 Å². The number of ether oxygens (including phenoxy) is 1. The van der Waals surface area contributed by atoms with Gasteiger partial charge in [0.25, 0.3) is 0 Å². The second-order valence-corrected chi connectivity index (χ2v) is 5.41. The maximum atomic E-state index is 5.45. The summed E-state index contributed by atoms with van der Waals surface area (Å²) in [6.07, 6.45) is 4.94. The van der Waals surface area contributed by atoms with E-state index in [0.717, 1.165) is 28.0 Å². The third kappa shape index (κ3) is 3.00. The minimum Gasteiger partial charge on any atom is -0.497 e. The lowest BCUT2D eigenvalue weighted by Gasteiger charge is -2.14. The van der Waals surface area contributed by atoms with E-state index in [1.165, 1.54) is 19.3 Å². The molecule has 0 bridgehead atoms. The second-order valence-electron chi connectivity index (χ2n) is 5.03. The number of benzene rings is 1. The van der Waals surface area contributed by atoms with Crippen LogP contribution in [-0.4, -0.2) is 16.7 Å². The molecule has 0 saturated heterocycles. The molecule has 1 N–H and O–H groups in total. The zero-order valence-corrected chi connectivity index (χ0v) is 12.7. The molecule has 0 aliphatic rings. The van der Waals surface area contributed by atoms with E-state index in [2.05, 4.69) is 29.5 Å². The average Bonchev–Trinajstić information content (AvgIpc) is 2.73. The number of fused-ring (bicyclic) bond motifs is 1. The lowest BCUT2D eigenvalue weighted by Crippen LogP contribution is -2.05. The molecule has 104 valence electrons. The summed E-state index contributed by atoms with van der Waals surface area (Å²) >= 11 is 5.45. The normalized spacial score (nSPS) is 12.8. The van der Waals surface area contributed by atoms with Gasteiger partial charge in [-0.15, -0.1) is 0 Å². The van der Waals surface area contributed by atoms with Crippen molar-refractivity contribution in [2.24, 2.45) is 0 Å². The zero-order chi connectivity index (χ0) is 13.8. The predicted molar refractivity (Wildman–Crippen MR) is 82.5 cm³/mol. The zero-order valence-electron chi connectivity index (χ0n) is 11.9. The minimum atomic E-state index is 0.417. The molecule has 3 nitrogen and oxygen atoms in total. The Bertz CT molecular complexity index is 600. The standard InChI is InChI=1S/C15H22N2OS/c1-4-5-6-7-11(2)17-14-10-12(18-3)8-9-13(14)16-15(17)19/h8-11H,4-7H2,1-3H3,(H,16,19). The number of methoxy groups -OCH3 is 1. The van der Waals surface area contributed by atoms with Crippen molar-refractivity contribution in [1.82, 2.24) is 9.55 Å². The van der Waals surface area contributed by atoms with Crippen LogP contribution in [0.4, 0.5) is 0 Å². The largest absolute Gasteiger partial charge is 0.497 e. The average molecular weight is 278 g/mol. The molecule has 1 atom stereocenters. The highest BCUT2D eigenvalue weighted by atomic mass is 32.1. The first kappa shape index (κ1) is 14.1. The van der Waals surface area contributed by atoms with E-state index < -0.39 is 0 Å². The lowest BCUT2D eigenvalue weighted by atomic mass is 10.1.